The minimum absolute atomic E-state index is 0.0223. The van der Waals surface area contributed by atoms with Crippen LogP contribution in [0, 0.1) is 0 Å². The normalized spacial score (nSPS) is 14.0. The molecule has 0 radical (unpaired) electrons. The van der Waals surface area contributed by atoms with Crippen LogP contribution in [-0.4, -0.2) is 14.8 Å². The van der Waals surface area contributed by atoms with Crippen LogP contribution in [0.15, 0.2) is 158 Å². The number of hydrogen-bond donors (Lipinski definition) is 0. The molecule has 63 heavy (non-hydrogen) atoms. The fourth-order valence-corrected chi connectivity index (χ4v) is 13.6. The van der Waals surface area contributed by atoms with Gasteiger partial charge in [0, 0.05) is 34.1 Å². The van der Waals surface area contributed by atoms with Gasteiger partial charge in [-0.15, -0.1) is 0 Å². The van der Waals surface area contributed by atoms with E-state index in [4.69, 9.17) is 0 Å². The lowest BCUT2D eigenvalue weighted by molar-refractivity contribution is 0.590. The number of fused-ring (bicyclic) bond motifs is 4. The molecule has 0 saturated carbocycles. The summed E-state index contributed by atoms with van der Waals surface area (Å²) in [5, 5.41) is 4.20. The summed E-state index contributed by atoms with van der Waals surface area (Å²) in [7, 11) is -2.62. The van der Waals surface area contributed by atoms with E-state index in [-0.39, 0.29) is 28.4 Å². The van der Waals surface area contributed by atoms with Crippen molar-refractivity contribution in [2.45, 2.75) is 111 Å². The number of rotatable bonds is 5. The summed E-state index contributed by atoms with van der Waals surface area (Å²) in [5.41, 5.74) is 16.9. The average molecular weight is 841 g/mol. The van der Waals surface area contributed by atoms with Gasteiger partial charge in [-0.25, -0.2) is 0 Å². The van der Waals surface area contributed by atoms with E-state index in [0.717, 1.165) is 0 Å². The van der Waals surface area contributed by atoms with Crippen LogP contribution in [0.4, 0.5) is 34.1 Å². The van der Waals surface area contributed by atoms with Gasteiger partial charge in [-0.1, -0.05) is 199 Å². The summed E-state index contributed by atoms with van der Waals surface area (Å²) in [6, 6.07) is 61.5. The topological polar surface area (TPSA) is 6.48 Å². The molecule has 0 amide bonds. The maximum atomic E-state index is 2.61. The monoisotopic (exact) mass is 841 g/mol. The Bertz CT molecular complexity index is 2630. The molecule has 0 spiro atoms. The summed E-state index contributed by atoms with van der Waals surface area (Å²) in [5.74, 6) is 0. The molecular formula is C59H65BN2Si. The van der Waals surface area contributed by atoms with Crippen LogP contribution in [0.1, 0.15) is 105 Å². The molecule has 0 atom stereocenters. The van der Waals surface area contributed by atoms with E-state index in [1.165, 1.54) is 88.3 Å². The molecule has 9 rings (SSSR count). The predicted octanol–water partition coefficient (Wildman–Crippen LogP) is 12.1. The molecular weight excluding hydrogens is 776 g/mol. The van der Waals surface area contributed by atoms with E-state index < -0.39 is 8.07 Å². The molecule has 7 aromatic carbocycles. The van der Waals surface area contributed by atoms with Crippen LogP contribution in [0.25, 0.3) is 0 Å². The molecule has 4 heteroatoms. The van der Waals surface area contributed by atoms with Gasteiger partial charge < -0.3 is 9.80 Å². The number of anilines is 6. The first-order valence-electron chi connectivity index (χ1n) is 23.1. The molecule has 318 valence electrons. The van der Waals surface area contributed by atoms with Crippen molar-refractivity contribution in [3.8, 4) is 0 Å². The molecule has 0 aliphatic carbocycles. The van der Waals surface area contributed by atoms with Gasteiger partial charge in [-0.2, -0.15) is 0 Å². The summed E-state index contributed by atoms with van der Waals surface area (Å²) < 4.78 is 0. The van der Waals surface area contributed by atoms with Gasteiger partial charge in [0.25, 0.3) is 6.71 Å². The number of nitrogens with zero attached hydrogens (tertiary/aromatic N) is 2. The van der Waals surface area contributed by atoms with Crippen LogP contribution in [0.3, 0.4) is 0 Å². The standard InChI is InChI=1S/C59H65BN2Si/c1-56(2,3)40-24-30-44(31-25-40)61-51-34-28-42(58(7,8)9)36-49(51)60-50-37-43(59(10,11)12)29-35-52(50)62(45-32-26-41(27-33-45)57(4,5)6)54-39-48(38-53(61)55(54)60)63(13,46-20-16-14-17-21-46)47-22-18-15-19-23-47/h14-39H,1-13H3. The first-order valence-corrected chi connectivity index (χ1v) is 25.6. The summed E-state index contributed by atoms with van der Waals surface area (Å²) >= 11 is 0. The number of hydrogen-bond acceptors (Lipinski definition) is 2. The summed E-state index contributed by atoms with van der Waals surface area (Å²) in [4.78, 5) is 5.22. The highest BCUT2D eigenvalue weighted by Crippen LogP contribution is 2.45. The predicted molar refractivity (Wildman–Crippen MR) is 279 cm³/mol. The fourth-order valence-electron chi connectivity index (χ4n) is 10.0. The molecule has 7 aromatic rings. The first kappa shape index (κ1) is 42.7. The van der Waals surface area contributed by atoms with Gasteiger partial charge in [0.05, 0.1) is 0 Å². The van der Waals surface area contributed by atoms with Gasteiger partial charge in [-0.05, 0) is 124 Å². The minimum atomic E-state index is -2.62. The summed E-state index contributed by atoms with van der Waals surface area (Å²) in [6.45, 7) is 30.5. The van der Waals surface area contributed by atoms with Crippen LogP contribution in [0.5, 0.6) is 0 Å². The molecule has 2 nitrogen and oxygen atoms in total. The third-order valence-corrected chi connectivity index (χ3v) is 18.5. The Labute approximate surface area is 380 Å². The van der Waals surface area contributed by atoms with Crippen molar-refractivity contribution in [2.24, 2.45) is 0 Å². The maximum absolute atomic E-state index is 2.62. The maximum Gasteiger partial charge on any atom is 0.252 e. The second-order valence-electron chi connectivity index (χ2n) is 22.5. The number of benzene rings is 7. The minimum Gasteiger partial charge on any atom is -0.311 e. The van der Waals surface area contributed by atoms with Gasteiger partial charge in [0.2, 0.25) is 0 Å². The Kier molecular flexibility index (Phi) is 10.2. The van der Waals surface area contributed by atoms with Crippen molar-refractivity contribution in [3.63, 3.8) is 0 Å². The highest BCUT2D eigenvalue weighted by molar-refractivity contribution is 7.11. The lowest BCUT2D eigenvalue weighted by atomic mass is 9.33. The molecule has 0 saturated heterocycles. The van der Waals surface area contributed by atoms with Crippen LogP contribution in [-0.2, 0) is 21.7 Å². The third-order valence-electron chi connectivity index (χ3n) is 14.1. The summed E-state index contributed by atoms with van der Waals surface area (Å²) in [6.07, 6.45) is 0. The largest absolute Gasteiger partial charge is 0.311 e. The van der Waals surface area contributed by atoms with E-state index >= 15 is 0 Å². The average Bonchev–Trinajstić information content (AvgIpc) is 3.25. The zero-order valence-corrected chi connectivity index (χ0v) is 41.0. The van der Waals surface area contributed by atoms with Gasteiger partial charge in [-0.3, -0.25) is 0 Å². The van der Waals surface area contributed by atoms with Crippen molar-refractivity contribution >= 4 is 80.9 Å². The van der Waals surface area contributed by atoms with Crippen molar-refractivity contribution in [1.29, 1.82) is 0 Å². The zero-order chi connectivity index (χ0) is 44.9. The molecule has 0 N–H and O–H groups in total. The first-order chi connectivity index (χ1) is 29.7. The van der Waals surface area contributed by atoms with Gasteiger partial charge >= 0.3 is 0 Å². The van der Waals surface area contributed by atoms with Crippen molar-refractivity contribution < 1.29 is 0 Å². The molecule has 2 aliphatic rings. The van der Waals surface area contributed by atoms with E-state index in [2.05, 4.69) is 257 Å². The molecule has 0 fully saturated rings. The Hall–Kier alpha value is -5.58. The zero-order valence-electron chi connectivity index (χ0n) is 40.0. The van der Waals surface area contributed by atoms with Gasteiger partial charge in [0.1, 0.15) is 8.07 Å². The van der Waals surface area contributed by atoms with E-state index in [0.29, 0.717) is 0 Å². The molecule has 0 bridgehead atoms. The molecule has 0 aromatic heterocycles. The van der Waals surface area contributed by atoms with Crippen LogP contribution in [0.2, 0.25) is 6.55 Å². The van der Waals surface area contributed by atoms with Crippen molar-refractivity contribution in [2.75, 3.05) is 9.80 Å². The lowest BCUT2D eigenvalue weighted by Gasteiger charge is -2.46. The van der Waals surface area contributed by atoms with E-state index in [1.807, 2.05) is 0 Å². The SMILES string of the molecule is CC(C)(C)c1ccc(N2c3ccc(C(C)(C)C)cc3B3c4cc(C(C)(C)C)ccc4N(c4ccc(C(C)(C)C)cc4)c4cc([Si](C)(c5ccccc5)c5ccccc5)cc2c43)cc1. The highest BCUT2D eigenvalue weighted by atomic mass is 28.3. The Morgan fingerprint density at radius 2 is 0.683 bits per heavy atom. The third kappa shape index (κ3) is 7.39. The van der Waals surface area contributed by atoms with E-state index in [1.54, 1.807) is 0 Å². The Morgan fingerprint density at radius 3 is 1.02 bits per heavy atom. The van der Waals surface area contributed by atoms with Gasteiger partial charge in [0.15, 0.2) is 0 Å². The lowest BCUT2D eigenvalue weighted by Crippen LogP contribution is -2.66. The fraction of sp³-hybridized carbons (Fsp3) is 0.288. The second kappa shape index (κ2) is 15.0. The van der Waals surface area contributed by atoms with Crippen molar-refractivity contribution in [1.82, 2.24) is 0 Å². The van der Waals surface area contributed by atoms with E-state index in [9.17, 15) is 0 Å². The highest BCUT2D eigenvalue weighted by Gasteiger charge is 2.46. The van der Waals surface area contributed by atoms with Crippen LogP contribution >= 0.6 is 0 Å². The smallest absolute Gasteiger partial charge is 0.252 e. The molecule has 2 heterocycles. The van der Waals surface area contributed by atoms with Crippen molar-refractivity contribution in [3.05, 3.63) is 180 Å². The second-order valence-corrected chi connectivity index (χ2v) is 26.5. The molecule has 0 unspecified atom stereocenters. The van der Waals surface area contributed by atoms with Crippen LogP contribution < -0.4 is 41.7 Å². The Morgan fingerprint density at radius 1 is 0.349 bits per heavy atom. The Balaban J connectivity index is 1.44. The quantitative estimate of drug-likeness (QED) is 0.126. The molecule has 2 aliphatic heterocycles.